The van der Waals surface area contributed by atoms with E-state index in [9.17, 15) is 0 Å². The van der Waals surface area contributed by atoms with Crippen molar-refractivity contribution in [2.45, 2.75) is 25.3 Å². The highest BCUT2D eigenvalue weighted by molar-refractivity contribution is 9.09. The molecule has 0 bridgehead atoms. The molecule has 0 atom stereocenters. The minimum absolute atomic E-state index is 0.833. The lowest BCUT2D eigenvalue weighted by Gasteiger charge is -2.25. The second-order valence-corrected chi connectivity index (χ2v) is 2.53. The lowest BCUT2D eigenvalue weighted by atomic mass is 9.94. The Labute approximate surface area is 52.6 Å². The molecule has 0 aromatic carbocycles. The van der Waals surface area contributed by atoms with Gasteiger partial charge in [0.1, 0.15) is 0 Å². The highest BCUT2D eigenvalue weighted by Gasteiger charge is 2.14. The highest BCUT2D eigenvalue weighted by Crippen LogP contribution is 2.17. The fourth-order valence-electron chi connectivity index (χ4n) is 0.721. The van der Waals surface area contributed by atoms with Crippen molar-refractivity contribution in [2.75, 3.05) is 5.45 Å². The molecule has 1 aliphatic rings. The second-order valence-electron chi connectivity index (χ2n) is 1.97. The van der Waals surface area contributed by atoms with Gasteiger partial charge in [0.2, 0.25) is 0 Å². The van der Waals surface area contributed by atoms with E-state index in [0.29, 0.717) is 0 Å². The van der Waals surface area contributed by atoms with Crippen LogP contribution in [0.1, 0.15) is 19.3 Å². The normalized spacial score (nSPS) is 21.9. The van der Waals surface area contributed by atoms with Gasteiger partial charge in [0.25, 0.3) is 0 Å². The summed E-state index contributed by atoms with van der Waals surface area (Å²) < 4.78 is 0. The molecule has 7 heavy (non-hydrogen) atoms. The predicted molar refractivity (Wildman–Crippen MR) is 34.6 cm³/mol. The number of nitrogens with one attached hydrogen (secondary N) is 1. The lowest BCUT2D eigenvalue weighted by Crippen LogP contribution is -2.33. The van der Waals surface area contributed by atoms with E-state index in [1.807, 2.05) is 0 Å². The number of rotatable bonds is 2. The summed E-state index contributed by atoms with van der Waals surface area (Å²) >= 11 is 3.31. The average molecular weight is 164 g/mol. The predicted octanol–water partition coefficient (Wildman–Crippen LogP) is 1.48. The Hall–Kier alpha value is 0.440. The summed E-state index contributed by atoms with van der Waals surface area (Å²) in [7, 11) is 0. The molecule has 0 unspecified atom stereocenters. The summed E-state index contributed by atoms with van der Waals surface area (Å²) in [6.07, 6.45) is 4.18. The van der Waals surface area contributed by atoms with Gasteiger partial charge < -0.3 is 5.32 Å². The monoisotopic (exact) mass is 163 g/mol. The maximum absolute atomic E-state index is 3.31. The van der Waals surface area contributed by atoms with Crippen LogP contribution < -0.4 is 5.32 Å². The summed E-state index contributed by atoms with van der Waals surface area (Å²) in [5.41, 5.74) is 0.956. The molecule has 1 aliphatic carbocycles. The largest absolute Gasteiger partial charge is 0.305 e. The molecule has 1 N–H and O–H groups in total. The van der Waals surface area contributed by atoms with Gasteiger partial charge in [-0.15, -0.1) is 0 Å². The van der Waals surface area contributed by atoms with Crippen LogP contribution in [0.4, 0.5) is 0 Å². The highest BCUT2D eigenvalue weighted by atomic mass is 79.9. The molecule has 0 aliphatic heterocycles. The summed E-state index contributed by atoms with van der Waals surface area (Å²) in [5, 5.41) is 3.30. The van der Waals surface area contributed by atoms with Crippen molar-refractivity contribution in [3.05, 3.63) is 0 Å². The van der Waals surface area contributed by atoms with Gasteiger partial charge in [0.05, 0.1) is 5.45 Å². The number of halogens is 1. The first-order valence-electron chi connectivity index (χ1n) is 2.73. The maximum atomic E-state index is 3.31. The van der Waals surface area contributed by atoms with E-state index in [-0.39, 0.29) is 0 Å². The minimum Gasteiger partial charge on any atom is -0.305 e. The molecule has 0 amide bonds. The number of hydrogen-bond acceptors (Lipinski definition) is 1. The summed E-state index contributed by atoms with van der Waals surface area (Å²) in [5.74, 6) is 0. The Morgan fingerprint density at radius 1 is 1.57 bits per heavy atom. The van der Waals surface area contributed by atoms with Gasteiger partial charge in [-0.05, 0) is 12.8 Å². The third-order valence-electron chi connectivity index (χ3n) is 1.47. The molecule has 0 spiro atoms. The Morgan fingerprint density at radius 3 is 2.43 bits per heavy atom. The third-order valence-corrected chi connectivity index (χ3v) is 1.79. The molecular formula is C5H10BrN. The molecule has 0 radical (unpaired) electrons. The fourth-order valence-corrected chi connectivity index (χ4v) is 1.18. The van der Waals surface area contributed by atoms with Crippen LogP contribution in [0.2, 0.25) is 0 Å². The van der Waals surface area contributed by atoms with Gasteiger partial charge in [0, 0.05) is 6.04 Å². The van der Waals surface area contributed by atoms with E-state index in [0.717, 1.165) is 11.5 Å². The van der Waals surface area contributed by atoms with Crippen molar-refractivity contribution in [3.63, 3.8) is 0 Å². The van der Waals surface area contributed by atoms with E-state index in [1.54, 1.807) is 0 Å². The van der Waals surface area contributed by atoms with Crippen LogP contribution in [-0.2, 0) is 0 Å². The summed E-state index contributed by atoms with van der Waals surface area (Å²) in [6.45, 7) is 0. The van der Waals surface area contributed by atoms with Crippen molar-refractivity contribution in [1.29, 1.82) is 0 Å². The van der Waals surface area contributed by atoms with E-state index in [1.165, 1.54) is 19.3 Å². The first-order chi connectivity index (χ1) is 3.43. The van der Waals surface area contributed by atoms with Crippen LogP contribution in [0, 0.1) is 0 Å². The molecule has 0 aromatic heterocycles. The van der Waals surface area contributed by atoms with Crippen LogP contribution >= 0.6 is 15.9 Å². The Bertz CT molecular complexity index is 52.0. The Kier molecular flexibility index (Phi) is 2.13. The van der Waals surface area contributed by atoms with E-state index < -0.39 is 0 Å². The van der Waals surface area contributed by atoms with Crippen LogP contribution in [0.3, 0.4) is 0 Å². The zero-order chi connectivity index (χ0) is 5.11. The average Bonchev–Trinajstić information content (AvgIpc) is 1.55. The molecule has 0 saturated heterocycles. The first-order valence-corrected chi connectivity index (χ1v) is 3.85. The lowest BCUT2D eigenvalue weighted by molar-refractivity contribution is 0.358. The second kappa shape index (κ2) is 2.68. The van der Waals surface area contributed by atoms with Crippen LogP contribution in [0.25, 0.3) is 0 Å². The van der Waals surface area contributed by atoms with Crippen molar-refractivity contribution < 1.29 is 0 Å². The molecule has 2 heteroatoms. The molecule has 1 rings (SSSR count). The summed E-state index contributed by atoms with van der Waals surface area (Å²) in [4.78, 5) is 0. The zero-order valence-electron chi connectivity index (χ0n) is 4.28. The number of alkyl halides is 1. The zero-order valence-corrected chi connectivity index (χ0v) is 5.87. The third kappa shape index (κ3) is 1.42. The maximum Gasteiger partial charge on any atom is 0.0519 e. The molecule has 1 saturated carbocycles. The molecule has 42 valence electrons. The van der Waals surface area contributed by atoms with Crippen molar-refractivity contribution in [3.8, 4) is 0 Å². The smallest absolute Gasteiger partial charge is 0.0519 e. The van der Waals surface area contributed by atoms with Gasteiger partial charge in [-0.25, -0.2) is 0 Å². The van der Waals surface area contributed by atoms with Crippen LogP contribution in [-0.4, -0.2) is 11.5 Å². The van der Waals surface area contributed by atoms with Gasteiger partial charge in [-0.1, -0.05) is 22.4 Å². The summed E-state index contributed by atoms with van der Waals surface area (Å²) in [6, 6.07) is 0.833. The van der Waals surface area contributed by atoms with Crippen LogP contribution in [0.5, 0.6) is 0 Å². The van der Waals surface area contributed by atoms with E-state index >= 15 is 0 Å². The first kappa shape index (κ1) is 5.57. The Morgan fingerprint density at radius 2 is 2.29 bits per heavy atom. The van der Waals surface area contributed by atoms with Gasteiger partial charge in [0.15, 0.2) is 0 Å². The van der Waals surface area contributed by atoms with E-state index in [2.05, 4.69) is 21.2 Å². The Balaban J connectivity index is 1.93. The molecule has 0 aromatic rings. The van der Waals surface area contributed by atoms with E-state index in [4.69, 9.17) is 0 Å². The fraction of sp³-hybridized carbons (Fsp3) is 1.00. The van der Waals surface area contributed by atoms with Gasteiger partial charge in [-0.2, -0.15) is 0 Å². The molecule has 1 nitrogen and oxygen atoms in total. The molecule has 0 heterocycles. The quantitative estimate of drug-likeness (QED) is 0.481. The molecular weight excluding hydrogens is 154 g/mol. The SMILES string of the molecule is BrCNC1CCC1. The topological polar surface area (TPSA) is 12.0 Å². The van der Waals surface area contributed by atoms with Gasteiger partial charge in [-0.3, -0.25) is 0 Å². The number of hydrogen-bond donors (Lipinski definition) is 1. The van der Waals surface area contributed by atoms with Crippen molar-refractivity contribution >= 4 is 15.9 Å². The minimum atomic E-state index is 0.833. The van der Waals surface area contributed by atoms with Gasteiger partial charge >= 0.3 is 0 Å². The van der Waals surface area contributed by atoms with Crippen molar-refractivity contribution in [1.82, 2.24) is 5.32 Å². The van der Waals surface area contributed by atoms with Crippen LogP contribution in [0.15, 0.2) is 0 Å². The molecule has 1 fully saturated rings. The standard InChI is InChI=1S/C5H10BrN/c6-4-7-5-2-1-3-5/h5,7H,1-4H2. The van der Waals surface area contributed by atoms with Crippen molar-refractivity contribution in [2.24, 2.45) is 0 Å².